The molecule has 0 aliphatic rings. The first-order valence-corrected chi connectivity index (χ1v) is 19.7. The molecule has 54 heavy (non-hydrogen) atoms. The Morgan fingerprint density at radius 3 is 1.81 bits per heavy atom. The average molecular weight is 783 g/mol. The average Bonchev–Trinajstić information content (AvgIpc) is 3.14. The minimum absolute atomic E-state index is 0.00119. The first-order chi connectivity index (χ1) is 26.1. The van der Waals surface area contributed by atoms with Gasteiger partial charge in [0, 0.05) is 38.4 Å². The van der Waals surface area contributed by atoms with E-state index in [4.69, 9.17) is 33.9 Å². The molecule has 0 aliphatic carbocycles. The van der Waals surface area contributed by atoms with Gasteiger partial charge in [0.25, 0.3) is 15.9 Å². The molecule has 0 aliphatic heterocycles. The van der Waals surface area contributed by atoms with Crippen LogP contribution in [0.5, 0.6) is 5.75 Å². The Labute approximate surface area is 316 Å². The van der Waals surface area contributed by atoms with Crippen molar-refractivity contribution in [1.82, 2.24) is 15.3 Å². The number of Topliss-reactive ketones (excluding diaryl/α,β-unsaturated/α-hetero) is 1. The van der Waals surface area contributed by atoms with Gasteiger partial charge in [0.15, 0.2) is 5.78 Å². The normalized spacial score (nSPS) is 11.3. The molecule has 17 nitrogen and oxygen atoms in total. The van der Waals surface area contributed by atoms with Crippen LogP contribution in [0.2, 0.25) is 0 Å². The molecule has 0 radical (unpaired) electrons. The Balaban J connectivity index is 1.52. The predicted octanol–water partition coefficient (Wildman–Crippen LogP) is 3.87. The van der Waals surface area contributed by atoms with Gasteiger partial charge in [-0.15, -0.1) is 0 Å². The molecule has 0 spiro atoms. The van der Waals surface area contributed by atoms with Gasteiger partial charge >= 0.3 is 11.9 Å². The number of carbonyl (C=O) groups excluding carboxylic acids is 2. The Kier molecular flexibility index (Phi) is 24.0. The molecule has 0 saturated heterocycles. The van der Waals surface area contributed by atoms with Crippen LogP contribution in [0.4, 0.5) is 5.95 Å². The molecule has 302 valence electrons. The summed E-state index contributed by atoms with van der Waals surface area (Å²) in [6.07, 6.45) is 12.7. The van der Waals surface area contributed by atoms with Crippen molar-refractivity contribution in [3.63, 3.8) is 0 Å². The largest absolute Gasteiger partial charge is 0.494 e. The third-order valence-corrected chi connectivity index (χ3v) is 8.93. The lowest BCUT2D eigenvalue weighted by molar-refractivity contribution is -0.143. The summed E-state index contributed by atoms with van der Waals surface area (Å²) in [5.74, 6) is -1.97. The van der Waals surface area contributed by atoms with Crippen LogP contribution in [-0.2, 0) is 43.4 Å². The van der Waals surface area contributed by atoms with E-state index in [9.17, 15) is 27.6 Å². The zero-order valence-corrected chi connectivity index (χ0v) is 31.5. The number of ether oxygens (including phenoxy) is 5. The highest BCUT2D eigenvalue weighted by molar-refractivity contribution is 7.92. The van der Waals surface area contributed by atoms with Crippen molar-refractivity contribution in [3.05, 3.63) is 42.2 Å². The maximum Gasteiger partial charge on any atom is 0.329 e. The highest BCUT2D eigenvalue weighted by Gasteiger charge is 2.16. The third-order valence-electron chi connectivity index (χ3n) is 7.59. The van der Waals surface area contributed by atoms with Crippen molar-refractivity contribution in [1.29, 1.82) is 0 Å². The van der Waals surface area contributed by atoms with E-state index in [2.05, 4.69) is 20.0 Å². The van der Waals surface area contributed by atoms with Gasteiger partial charge in [-0.3, -0.25) is 14.4 Å². The molecular formula is C36H54N4O13S. The van der Waals surface area contributed by atoms with Gasteiger partial charge in [-0.1, -0.05) is 44.9 Å². The van der Waals surface area contributed by atoms with E-state index in [-0.39, 0.29) is 87.8 Å². The molecule has 2 rings (SSSR count). The van der Waals surface area contributed by atoms with Crippen LogP contribution >= 0.6 is 0 Å². The summed E-state index contributed by atoms with van der Waals surface area (Å²) in [5.41, 5.74) is 0.128. The van der Waals surface area contributed by atoms with E-state index in [0.29, 0.717) is 25.4 Å². The molecule has 0 bridgehead atoms. The summed E-state index contributed by atoms with van der Waals surface area (Å²) in [5, 5.41) is 19.8. The van der Waals surface area contributed by atoms with Crippen LogP contribution in [0.15, 0.2) is 41.6 Å². The van der Waals surface area contributed by atoms with Crippen LogP contribution in [0.1, 0.15) is 87.4 Å². The number of anilines is 1. The van der Waals surface area contributed by atoms with Gasteiger partial charge in [-0.25, -0.2) is 27.9 Å². The van der Waals surface area contributed by atoms with Crippen molar-refractivity contribution < 1.29 is 61.5 Å². The van der Waals surface area contributed by atoms with Crippen molar-refractivity contribution in [2.45, 2.75) is 81.9 Å². The van der Waals surface area contributed by atoms with Gasteiger partial charge in [0.2, 0.25) is 5.95 Å². The third kappa shape index (κ3) is 22.8. The molecular weight excluding hydrogens is 728 g/mol. The molecule has 1 amide bonds. The fourth-order valence-electron chi connectivity index (χ4n) is 4.77. The number of carboxylic acid groups (broad SMARTS) is 2. The number of aromatic nitrogens is 2. The second kappa shape index (κ2) is 28.2. The fraction of sp³-hybridized carbons (Fsp3) is 0.611. The van der Waals surface area contributed by atoms with Crippen molar-refractivity contribution >= 4 is 39.6 Å². The summed E-state index contributed by atoms with van der Waals surface area (Å²) in [4.78, 5) is 53.0. The molecule has 0 fully saturated rings. The minimum atomic E-state index is -3.98. The smallest absolute Gasteiger partial charge is 0.329 e. The number of hydrogen-bond acceptors (Lipinski definition) is 13. The number of benzene rings is 1. The lowest BCUT2D eigenvalue weighted by Crippen LogP contribution is -2.28. The summed E-state index contributed by atoms with van der Waals surface area (Å²) in [6, 6.07) is 6.02. The van der Waals surface area contributed by atoms with Crippen molar-refractivity contribution in [2.75, 3.05) is 70.7 Å². The maximum absolute atomic E-state index is 12.8. The van der Waals surface area contributed by atoms with Crippen LogP contribution in [0.3, 0.4) is 0 Å². The monoisotopic (exact) mass is 782 g/mol. The van der Waals surface area contributed by atoms with E-state index in [1.807, 2.05) is 0 Å². The van der Waals surface area contributed by atoms with Gasteiger partial charge in [0.1, 0.15) is 19.0 Å². The van der Waals surface area contributed by atoms with E-state index >= 15 is 0 Å². The lowest BCUT2D eigenvalue weighted by atomic mass is 10.1. The summed E-state index contributed by atoms with van der Waals surface area (Å²) < 4.78 is 54.5. The Morgan fingerprint density at radius 2 is 1.19 bits per heavy atom. The first kappa shape index (κ1) is 45.9. The van der Waals surface area contributed by atoms with E-state index in [1.54, 1.807) is 12.1 Å². The van der Waals surface area contributed by atoms with Crippen molar-refractivity contribution in [2.24, 2.45) is 0 Å². The van der Waals surface area contributed by atoms with Gasteiger partial charge in [-0.05, 0) is 43.5 Å². The number of amides is 1. The quantitative estimate of drug-likeness (QED) is 0.0737. The summed E-state index contributed by atoms with van der Waals surface area (Å²) in [7, 11) is -3.98. The van der Waals surface area contributed by atoms with E-state index in [1.165, 1.54) is 24.5 Å². The number of rotatable bonds is 34. The Hall–Kier alpha value is -4.23. The van der Waals surface area contributed by atoms with Gasteiger partial charge < -0.3 is 39.2 Å². The number of sulfonamides is 1. The minimum Gasteiger partial charge on any atom is -0.494 e. The Morgan fingerprint density at radius 1 is 0.611 bits per heavy atom. The topological polar surface area (TPSA) is 239 Å². The molecule has 18 heteroatoms. The molecule has 0 saturated carbocycles. The molecule has 1 heterocycles. The highest BCUT2D eigenvalue weighted by Crippen LogP contribution is 2.19. The number of ketones is 1. The molecule has 1 aromatic heterocycles. The lowest BCUT2D eigenvalue weighted by Gasteiger charge is -2.10. The summed E-state index contributed by atoms with van der Waals surface area (Å²) in [6.45, 7) is 1.66. The fourth-order valence-corrected chi connectivity index (χ4v) is 5.72. The number of aliphatic carboxylic acids is 2. The Bertz CT molecular complexity index is 1480. The maximum atomic E-state index is 12.8. The van der Waals surface area contributed by atoms with Gasteiger partial charge in [-0.2, -0.15) is 0 Å². The molecule has 0 atom stereocenters. The summed E-state index contributed by atoms with van der Waals surface area (Å²) >= 11 is 0. The van der Waals surface area contributed by atoms with Crippen LogP contribution in [0.25, 0.3) is 0 Å². The SMILES string of the molecule is O=C(O)CCCCCCCCCCCOc1ccc(S(=O)(=O)Nc2ncc(C(=O)NCCOCCOCC(=O)CCCOCCOCC(=O)O)cn2)cc1. The first-order valence-electron chi connectivity index (χ1n) is 18.2. The molecule has 2 aromatic rings. The molecule has 4 N–H and O–H groups in total. The second-order valence-electron chi connectivity index (χ2n) is 12.2. The van der Waals surface area contributed by atoms with Crippen molar-refractivity contribution in [3.8, 4) is 5.75 Å². The second-order valence-corrected chi connectivity index (χ2v) is 13.9. The van der Waals surface area contributed by atoms with Crippen LogP contribution in [-0.4, -0.2) is 118 Å². The van der Waals surface area contributed by atoms with E-state index in [0.717, 1.165) is 57.8 Å². The van der Waals surface area contributed by atoms with Crippen LogP contribution in [0, 0.1) is 0 Å². The zero-order chi connectivity index (χ0) is 39.3. The standard InChI is InChI=1S/C36H54N4O13S/c41-30(11-10-18-49-21-24-52-28-34(44)45)27-51-23-22-50-20-17-37-35(46)29-25-38-36(39-26-29)40-54(47,48)32-15-13-31(14-16-32)53-19-9-7-5-3-1-2-4-6-8-12-33(42)43/h13-16,25-26H,1-12,17-24,27-28H2,(H,37,46)(H,42,43)(H,44,45)(H,38,39,40). The number of hydrogen-bond donors (Lipinski definition) is 4. The van der Waals surface area contributed by atoms with Crippen LogP contribution < -0.4 is 14.8 Å². The predicted molar refractivity (Wildman–Crippen MR) is 196 cm³/mol. The van der Waals surface area contributed by atoms with E-state index < -0.39 is 27.9 Å². The number of carboxylic acids is 2. The number of nitrogens with one attached hydrogen (secondary N) is 2. The molecule has 1 aromatic carbocycles. The molecule has 0 unspecified atom stereocenters. The number of carbonyl (C=O) groups is 4. The number of unbranched alkanes of at least 4 members (excludes halogenated alkanes) is 8. The number of nitrogens with zero attached hydrogens (tertiary/aromatic N) is 2. The highest BCUT2D eigenvalue weighted by atomic mass is 32.2. The zero-order valence-electron chi connectivity index (χ0n) is 30.7. The van der Waals surface area contributed by atoms with Gasteiger partial charge in [0.05, 0.1) is 50.1 Å².